The standard InChI is InChI=1S/C10H11N3O2/c1-7(8-5-3-2-4-6-8)12-13-10(15)9(11)14/h2-6H,1H3,(H2,11,14)(H,13,15)/b12-7+. The molecule has 5 nitrogen and oxygen atoms in total. The molecule has 0 unspecified atom stereocenters. The van der Waals surface area contributed by atoms with Crippen molar-refractivity contribution in [1.82, 2.24) is 5.43 Å². The highest BCUT2D eigenvalue weighted by Gasteiger charge is 2.06. The van der Waals surface area contributed by atoms with E-state index in [1.54, 1.807) is 6.92 Å². The minimum absolute atomic E-state index is 0.602. The molecule has 0 heterocycles. The summed E-state index contributed by atoms with van der Waals surface area (Å²) in [6.07, 6.45) is 0. The summed E-state index contributed by atoms with van der Waals surface area (Å²) in [6.45, 7) is 1.72. The quantitative estimate of drug-likeness (QED) is 0.405. The van der Waals surface area contributed by atoms with Gasteiger partial charge in [0.2, 0.25) is 0 Å². The maximum Gasteiger partial charge on any atom is 0.329 e. The molecular formula is C10H11N3O2. The lowest BCUT2D eigenvalue weighted by molar-refractivity contribution is -0.137. The van der Waals surface area contributed by atoms with Gasteiger partial charge in [-0.05, 0) is 12.5 Å². The summed E-state index contributed by atoms with van der Waals surface area (Å²) in [5.41, 5.74) is 8.26. The molecule has 0 atom stereocenters. The molecule has 0 fully saturated rings. The Bertz CT molecular complexity index is 398. The molecule has 0 aromatic heterocycles. The zero-order valence-corrected chi connectivity index (χ0v) is 8.23. The maximum absolute atomic E-state index is 10.8. The second-order valence-electron chi connectivity index (χ2n) is 2.87. The van der Waals surface area contributed by atoms with Crippen LogP contribution in [0.5, 0.6) is 0 Å². The molecule has 0 aliphatic heterocycles. The van der Waals surface area contributed by atoms with Crippen LogP contribution in [0.4, 0.5) is 0 Å². The third-order valence-electron chi connectivity index (χ3n) is 1.74. The number of primary amides is 1. The van der Waals surface area contributed by atoms with Crippen LogP contribution in [0.25, 0.3) is 0 Å². The fraction of sp³-hybridized carbons (Fsp3) is 0.100. The van der Waals surface area contributed by atoms with Gasteiger partial charge in [0.25, 0.3) is 0 Å². The Morgan fingerprint density at radius 3 is 2.40 bits per heavy atom. The number of carbonyl (C=O) groups excluding carboxylic acids is 2. The van der Waals surface area contributed by atoms with Crippen LogP contribution in [-0.2, 0) is 9.59 Å². The van der Waals surface area contributed by atoms with Crippen molar-refractivity contribution in [3.05, 3.63) is 35.9 Å². The molecule has 0 aliphatic rings. The monoisotopic (exact) mass is 205 g/mol. The third-order valence-corrected chi connectivity index (χ3v) is 1.74. The summed E-state index contributed by atoms with van der Waals surface area (Å²) >= 11 is 0. The Balaban J connectivity index is 2.69. The highest BCUT2D eigenvalue weighted by Crippen LogP contribution is 1.99. The van der Waals surface area contributed by atoms with Crippen LogP contribution in [-0.4, -0.2) is 17.5 Å². The number of amides is 2. The van der Waals surface area contributed by atoms with Gasteiger partial charge in [-0.2, -0.15) is 5.10 Å². The number of nitrogens with zero attached hydrogens (tertiary/aromatic N) is 1. The van der Waals surface area contributed by atoms with E-state index >= 15 is 0 Å². The van der Waals surface area contributed by atoms with Crippen LogP contribution >= 0.6 is 0 Å². The summed E-state index contributed by atoms with van der Waals surface area (Å²) in [7, 11) is 0. The molecule has 5 heteroatoms. The van der Waals surface area contributed by atoms with Gasteiger partial charge < -0.3 is 5.73 Å². The zero-order chi connectivity index (χ0) is 11.3. The van der Waals surface area contributed by atoms with E-state index in [0.717, 1.165) is 5.56 Å². The number of nitrogens with one attached hydrogen (secondary N) is 1. The highest BCUT2D eigenvalue weighted by atomic mass is 16.2. The summed E-state index contributed by atoms with van der Waals surface area (Å²) in [5.74, 6) is -1.98. The van der Waals surface area contributed by atoms with Crippen molar-refractivity contribution < 1.29 is 9.59 Å². The van der Waals surface area contributed by atoms with E-state index in [2.05, 4.69) is 10.5 Å². The molecule has 0 saturated heterocycles. The lowest BCUT2D eigenvalue weighted by atomic mass is 10.1. The minimum atomic E-state index is -1.06. The van der Waals surface area contributed by atoms with Crippen molar-refractivity contribution in [3.63, 3.8) is 0 Å². The first kappa shape index (κ1) is 10.9. The molecule has 0 saturated carbocycles. The zero-order valence-electron chi connectivity index (χ0n) is 8.23. The summed E-state index contributed by atoms with van der Waals surface area (Å²) in [5, 5.41) is 3.73. The molecule has 3 N–H and O–H groups in total. The SMILES string of the molecule is C/C(=N\NC(=O)C(N)=O)c1ccccc1. The van der Waals surface area contributed by atoms with Crippen LogP contribution in [0.1, 0.15) is 12.5 Å². The van der Waals surface area contributed by atoms with Gasteiger partial charge in [-0.3, -0.25) is 9.59 Å². The molecule has 1 aromatic carbocycles. The van der Waals surface area contributed by atoms with Crippen molar-refractivity contribution in [2.24, 2.45) is 10.8 Å². The molecule has 78 valence electrons. The van der Waals surface area contributed by atoms with Crippen molar-refractivity contribution in [2.45, 2.75) is 6.92 Å². The van der Waals surface area contributed by atoms with Gasteiger partial charge in [0.05, 0.1) is 5.71 Å². The van der Waals surface area contributed by atoms with Crippen LogP contribution in [0, 0.1) is 0 Å². The molecule has 0 spiro atoms. The van der Waals surface area contributed by atoms with Gasteiger partial charge in [0, 0.05) is 0 Å². The minimum Gasteiger partial charge on any atom is -0.361 e. The molecule has 0 bridgehead atoms. The Hall–Kier alpha value is -2.17. The van der Waals surface area contributed by atoms with Gasteiger partial charge in [-0.15, -0.1) is 0 Å². The van der Waals surface area contributed by atoms with E-state index in [-0.39, 0.29) is 0 Å². The van der Waals surface area contributed by atoms with E-state index in [4.69, 9.17) is 5.73 Å². The van der Waals surface area contributed by atoms with Crippen LogP contribution in [0.15, 0.2) is 35.4 Å². The molecule has 0 radical (unpaired) electrons. The third kappa shape index (κ3) is 3.22. The van der Waals surface area contributed by atoms with E-state index in [1.165, 1.54) is 0 Å². The van der Waals surface area contributed by atoms with Crippen molar-refractivity contribution in [3.8, 4) is 0 Å². The van der Waals surface area contributed by atoms with Crippen molar-refractivity contribution in [2.75, 3.05) is 0 Å². The second kappa shape index (κ2) is 4.90. The number of hydrazone groups is 1. The van der Waals surface area contributed by atoms with Gasteiger partial charge >= 0.3 is 11.8 Å². The number of hydrogen-bond donors (Lipinski definition) is 2. The van der Waals surface area contributed by atoms with Gasteiger partial charge in [0.1, 0.15) is 0 Å². The number of rotatable bonds is 2. The fourth-order valence-electron chi connectivity index (χ4n) is 0.934. The van der Waals surface area contributed by atoms with E-state index in [0.29, 0.717) is 5.71 Å². The number of carbonyl (C=O) groups is 2. The highest BCUT2D eigenvalue weighted by molar-refractivity contribution is 6.34. The fourth-order valence-corrected chi connectivity index (χ4v) is 0.934. The Morgan fingerprint density at radius 1 is 1.27 bits per heavy atom. The number of hydrogen-bond acceptors (Lipinski definition) is 3. The first-order chi connectivity index (χ1) is 7.11. The Labute approximate surface area is 87.0 Å². The second-order valence-corrected chi connectivity index (χ2v) is 2.87. The van der Waals surface area contributed by atoms with E-state index in [1.807, 2.05) is 30.3 Å². The van der Waals surface area contributed by atoms with Crippen LogP contribution < -0.4 is 11.2 Å². The average Bonchev–Trinajstić information content (AvgIpc) is 2.26. The first-order valence-corrected chi connectivity index (χ1v) is 4.30. The summed E-state index contributed by atoms with van der Waals surface area (Å²) in [4.78, 5) is 21.2. The first-order valence-electron chi connectivity index (χ1n) is 4.30. The summed E-state index contributed by atoms with van der Waals surface area (Å²) < 4.78 is 0. The van der Waals surface area contributed by atoms with Gasteiger partial charge in [0.15, 0.2) is 0 Å². The smallest absolute Gasteiger partial charge is 0.329 e. The predicted molar refractivity (Wildman–Crippen MR) is 56.0 cm³/mol. The molecule has 2 amide bonds. The number of benzene rings is 1. The lowest BCUT2D eigenvalue weighted by Crippen LogP contribution is -2.33. The largest absolute Gasteiger partial charge is 0.361 e. The van der Waals surface area contributed by atoms with Gasteiger partial charge in [-0.1, -0.05) is 30.3 Å². The topological polar surface area (TPSA) is 84.6 Å². The van der Waals surface area contributed by atoms with Crippen LogP contribution in [0.3, 0.4) is 0 Å². The Kier molecular flexibility index (Phi) is 3.56. The normalized spacial score (nSPS) is 10.9. The molecule has 0 aliphatic carbocycles. The van der Waals surface area contributed by atoms with Crippen molar-refractivity contribution in [1.29, 1.82) is 0 Å². The average molecular weight is 205 g/mol. The molecule has 1 rings (SSSR count). The molecular weight excluding hydrogens is 194 g/mol. The maximum atomic E-state index is 10.8. The molecule has 1 aromatic rings. The van der Waals surface area contributed by atoms with Gasteiger partial charge in [-0.25, -0.2) is 5.43 Å². The van der Waals surface area contributed by atoms with Crippen molar-refractivity contribution >= 4 is 17.5 Å². The Morgan fingerprint density at radius 2 is 1.87 bits per heavy atom. The summed E-state index contributed by atoms with van der Waals surface area (Å²) in [6, 6.07) is 9.26. The van der Waals surface area contributed by atoms with E-state index in [9.17, 15) is 9.59 Å². The predicted octanol–water partition coefficient (Wildman–Crippen LogP) is 0.0121. The molecule has 15 heavy (non-hydrogen) atoms. The van der Waals surface area contributed by atoms with E-state index < -0.39 is 11.8 Å². The number of nitrogens with two attached hydrogens (primary N) is 1. The van der Waals surface area contributed by atoms with Crippen LogP contribution in [0.2, 0.25) is 0 Å². The lowest BCUT2D eigenvalue weighted by Gasteiger charge is -2.00.